The number of alkyl halides is 3. The van der Waals surface area contributed by atoms with Gasteiger partial charge >= 0.3 is 12.3 Å². The molecule has 1 atom stereocenters. The molecule has 0 saturated heterocycles. The third kappa shape index (κ3) is 3.47. The van der Waals surface area contributed by atoms with Crippen molar-refractivity contribution in [3.63, 3.8) is 0 Å². The van der Waals surface area contributed by atoms with Gasteiger partial charge in [-0.05, 0) is 36.2 Å². The number of benzene rings is 2. The summed E-state index contributed by atoms with van der Waals surface area (Å²) in [7, 11) is 0. The number of halogens is 4. The Morgan fingerprint density at radius 3 is 2.36 bits per heavy atom. The molecule has 0 spiro atoms. The molecular weight excluding hydrogens is 340 g/mol. The number of hydrazone groups is 1. The van der Waals surface area contributed by atoms with Gasteiger partial charge in [-0.2, -0.15) is 18.3 Å². The molecule has 0 fully saturated rings. The number of nitrogens with zero attached hydrogens (tertiary/aromatic N) is 1. The molecule has 1 heterocycles. The Morgan fingerprint density at radius 1 is 1.12 bits per heavy atom. The fourth-order valence-corrected chi connectivity index (χ4v) is 2.56. The molecule has 3 rings (SSSR count). The van der Waals surface area contributed by atoms with Gasteiger partial charge in [0.1, 0.15) is 17.6 Å². The van der Waals surface area contributed by atoms with E-state index in [1.807, 2.05) is 0 Å². The highest BCUT2D eigenvalue weighted by atomic mass is 19.4. The van der Waals surface area contributed by atoms with Crippen molar-refractivity contribution in [1.29, 1.82) is 0 Å². The maximum absolute atomic E-state index is 13.5. The van der Waals surface area contributed by atoms with E-state index < -0.39 is 29.8 Å². The number of carbonyl (C=O) groups is 1. The Balaban J connectivity index is 0.00000243. The first-order valence-electron chi connectivity index (χ1n) is 7.27. The number of cyclic esters (lactones) is 1. The standard InChI is InChI=1S/C17H12F4N2O2.H2/c1-9-15(22-23-16(24)25-9)11-4-7-13(14(8-11)17(19,20)21)10-2-5-12(18)6-3-10;/h2-9H,1H3,(H,23,24);1H/t9-;/m0./s1. The van der Waals surface area contributed by atoms with Gasteiger partial charge in [-0.15, -0.1) is 0 Å². The number of amides is 1. The van der Waals surface area contributed by atoms with Crippen LogP contribution in [0.3, 0.4) is 0 Å². The Labute approximate surface area is 141 Å². The van der Waals surface area contributed by atoms with Crippen molar-refractivity contribution >= 4 is 11.8 Å². The minimum atomic E-state index is -4.62. The zero-order valence-corrected chi connectivity index (χ0v) is 12.9. The molecule has 0 radical (unpaired) electrons. The van der Waals surface area contributed by atoms with Gasteiger partial charge in [0.25, 0.3) is 0 Å². The average Bonchev–Trinajstić information content (AvgIpc) is 2.54. The molecule has 2 aromatic rings. The predicted molar refractivity (Wildman–Crippen MR) is 84.6 cm³/mol. The second-order valence-corrected chi connectivity index (χ2v) is 5.42. The minimum absolute atomic E-state index is 0. The first-order valence-corrected chi connectivity index (χ1v) is 7.27. The highest BCUT2D eigenvalue weighted by molar-refractivity contribution is 6.06. The van der Waals surface area contributed by atoms with Crippen LogP contribution in [0.15, 0.2) is 47.6 Å². The van der Waals surface area contributed by atoms with Crippen LogP contribution in [-0.4, -0.2) is 17.9 Å². The van der Waals surface area contributed by atoms with E-state index in [2.05, 4.69) is 10.5 Å². The molecule has 1 N–H and O–H groups in total. The molecule has 25 heavy (non-hydrogen) atoms. The van der Waals surface area contributed by atoms with Gasteiger partial charge in [0.2, 0.25) is 0 Å². The lowest BCUT2D eigenvalue weighted by Gasteiger charge is -2.21. The van der Waals surface area contributed by atoms with Crippen molar-refractivity contribution in [2.24, 2.45) is 5.10 Å². The van der Waals surface area contributed by atoms with E-state index in [4.69, 9.17) is 4.74 Å². The summed E-state index contributed by atoms with van der Waals surface area (Å²) in [6.07, 6.45) is -6.18. The zero-order chi connectivity index (χ0) is 18.2. The van der Waals surface area contributed by atoms with Crippen LogP contribution in [0.1, 0.15) is 19.5 Å². The van der Waals surface area contributed by atoms with E-state index in [1.54, 1.807) is 0 Å². The Kier molecular flexibility index (Phi) is 4.20. The minimum Gasteiger partial charge on any atom is -0.439 e. The quantitative estimate of drug-likeness (QED) is 0.802. The summed E-state index contributed by atoms with van der Waals surface area (Å²) >= 11 is 0. The summed E-state index contributed by atoms with van der Waals surface area (Å²) in [5, 5.41) is 3.77. The highest BCUT2D eigenvalue weighted by Crippen LogP contribution is 2.38. The van der Waals surface area contributed by atoms with Crippen LogP contribution in [0, 0.1) is 5.82 Å². The van der Waals surface area contributed by atoms with E-state index in [1.165, 1.54) is 31.2 Å². The molecule has 1 aliphatic rings. The first-order chi connectivity index (χ1) is 11.8. The van der Waals surface area contributed by atoms with Gasteiger partial charge in [-0.3, -0.25) is 0 Å². The van der Waals surface area contributed by atoms with Gasteiger partial charge in [0, 0.05) is 6.99 Å². The van der Waals surface area contributed by atoms with E-state index in [-0.39, 0.29) is 23.8 Å². The second-order valence-electron chi connectivity index (χ2n) is 5.42. The van der Waals surface area contributed by atoms with E-state index in [0.717, 1.165) is 18.2 Å². The van der Waals surface area contributed by atoms with E-state index in [0.29, 0.717) is 0 Å². The molecular formula is C17H14F4N2O2. The molecule has 0 aromatic heterocycles. The van der Waals surface area contributed by atoms with Crippen LogP contribution in [0.4, 0.5) is 22.4 Å². The molecule has 0 unspecified atom stereocenters. The smallest absolute Gasteiger partial charge is 0.428 e. The SMILES string of the molecule is C[C@@H]1OC(=O)NN=C1c1ccc(-c2ccc(F)cc2)c(C(F)(F)F)c1.[HH]. The lowest BCUT2D eigenvalue weighted by atomic mass is 9.94. The summed E-state index contributed by atoms with van der Waals surface area (Å²) in [4.78, 5) is 11.1. The molecule has 132 valence electrons. The van der Waals surface area contributed by atoms with Gasteiger partial charge in [0.05, 0.1) is 5.56 Å². The number of hydrogen-bond acceptors (Lipinski definition) is 3. The molecule has 2 aromatic carbocycles. The normalized spacial score (nSPS) is 17.6. The molecule has 0 saturated carbocycles. The molecule has 0 aliphatic carbocycles. The van der Waals surface area contributed by atoms with Crippen LogP contribution in [0.5, 0.6) is 0 Å². The van der Waals surface area contributed by atoms with Gasteiger partial charge in [-0.25, -0.2) is 14.6 Å². The van der Waals surface area contributed by atoms with E-state index >= 15 is 0 Å². The maximum atomic E-state index is 13.5. The lowest BCUT2D eigenvalue weighted by molar-refractivity contribution is -0.137. The Hall–Kier alpha value is -2.90. The summed E-state index contributed by atoms with van der Waals surface area (Å²) < 4.78 is 58.4. The van der Waals surface area contributed by atoms with Crippen molar-refractivity contribution in [3.8, 4) is 11.1 Å². The molecule has 1 amide bonds. The fourth-order valence-electron chi connectivity index (χ4n) is 2.56. The largest absolute Gasteiger partial charge is 0.439 e. The maximum Gasteiger partial charge on any atom is 0.428 e. The average molecular weight is 354 g/mol. The number of hydrogen-bond donors (Lipinski definition) is 1. The summed E-state index contributed by atoms with van der Waals surface area (Å²) in [6.45, 7) is 1.51. The lowest BCUT2D eigenvalue weighted by Crippen LogP contribution is -2.37. The topological polar surface area (TPSA) is 50.7 Å². The third-order valence-corrected chi connectivity index (χ3v) is 3.71. The summed E-state index contributed by atoms with van der Waals surface area (Å²) in [6, 6.07) is 8.43. The zero-order valence-electron chi connectivity index (χ0n) is 12.9. The molecule has 8 heteroatoms. The Bertz CT molecular complexity index is 851. The fraction of sp³-hybridized carbons (Fsp3) is 0.176. The van der Waals surface area contributed by atoms with Crippen LogP contribution >= 0.6 is 0 Å². The second kappa shape index (κ2) is 6.19. The van der Waals surface area contributed by atoms with Gasteiger partial charge in [0.15, 0.2) is 0 Å². The summed E-state index contributed by atoms with van der Waals surface area (Å²) in [5.74, 6) is -0.535. The number of carbonyl (C=O) groups excluding carboxylic acids is 1. The summed E-state index contributed by atoms with van der Waals surface area (Å²) in [5.41, 5.74) is 1.70. The van der Waals surface area contributed by atoms with Crippen LogP contribution < -0.4 is 5.43 Å². The van der Waals surface area contributed by atoms with Crippen LogP contribution in [0.25, 0.3) is 11.1 Å². The number of rotatable bonds is 2. The number of ether oxygens (including phenoxy) is 1. The monoisotopic (exact) mass is 354 g/mol. The third-order valence-electron chi connectivity index (χ3n) is 3.71. The first kappa shape index (κ1) is 16.9. The van der Waals surface area contributed by atoms with E-state index in [9.17, 15) is 22.4 Å². The van der Waals surface area contributed by atoms with Crippen molar-refractivity contribution in [2.45, 2.75) is 19.2 Å². The Morgan fingerprint density at radius 2 is 1.76 bits per heavy atom. The van der Waals surface area contributed by atoms with Crippen molar-refractivity contribution in [1.82, 2.24) is 5.43 Å². The van der Waals surface area contributed by atoms with Crippen molar-refractivity contribution in [2.75, 3.05) is 0 Å². The van der Waals surface area contributed by atoms with Crippen LogP contribution in [0.2, 0.25) is 0 Å². The highest BCUT2D eigenvalue weighted by Gasteiger charge is 2.35. The van der Waals surface area contributed by atoms with Gasteiger partial charge < -0.3 is 4.74 Å². The van der Waals surface area contributed by atoms with Crippen molar-refractivity contribution < 1.29 is 28.5 Å². The van der Waals surface area contributed by atoms with Crippen LogP contribution in [-0.2, 0) is 10.9 Å². The molecule has 0 bridgehead atoms. The molecule has 1 aliphatic heterocycles. The predicted octanol–water partition coefficient (Wildman–Crippen LogP) is 4.59. The molecule has 4 nitrogen and oxygen atoms in total. The van der Waals surface area contributed by atoms with Crippen molar-refractivity contribution in [3.05, 3.63) is 59.4 Å². The number of nitrogens with one attached hydrogen (secondary N) is 1. The van der Waals surface area contributed by atoms with Gasteiger partial charge in [-0.1, -0.05) is 24.3 Å².